The highest BCUT2D eigenvalue weighted by atomic mass is 32.2. The van der Waals surface area contributed by atoms with Gasteiger partial charge < -0.3 is 0 Å². The van der Waals surface area contributed by atoms with Crippen LogP contribution in [0.5, 0.6) is 0 Å². The molecule has 0 aliphatic carbocycles. The number of thiol groups is 1. The van der Waals surface area contributed by atoms with Crippen LogP contribution in [-0.2, 0) is 10.7 Å². The van der Waals surface area contributed by atoms with Crippen LogP contribution in [0.15, 0.2) is 15.1 Å². The smallest absolute Gasteiger partial charge is 0.207 e. The van der Waals surface area contributed by atoms with E-state index >= 15 is 0 Å². The molecule has 3 nitrogen and oxygen atoms in total. The molecule has 0 amide bonds. The maximum Gasteiger partial charge on any atom is 0.207 e. The van der Waals surface area contributed by atoms with Gasteiger partial charge in [-0.15, -0.1) is 22.7 Å². The summed E-state index contributed by atoms with van der Waals surface area (Å²) in [7, 11) is -2.50. The number of rotatable bonds is 1. The van der Waals surface area contributed by atoms with E-state index in [0.717, 1.165) is 10.2 Å². The van der Waals surface area contributed by atoms with E-state index in [4.69, 9.17) is 0 Å². The molecule has 0 bridgehead atoms. The molecule has 2 aromatic heterocycles. The molecule has 0 saturated heterocycles. The predicted octanol–water partition coefficient (Wildman–Crippen LogP) is 1.33. The number of thiophene rings is 1. The first-order chi connectivity index (χ1) is 5.27. The van der Waals surface area contributed by atoms with Crippen molar-refractivity contribution in [1.82, 2.24) is 4.98 Å². The molecule has 2 rings (SSSR count). The molecule has 58 valence electrons. The Labute approximate surface area is 72.3 Å². The van der Waals surface area contributed by atoms with Crippen LogP contribution >= 0.6 is 22.7 Å². The van der Waals surface area contributed by atoms with E-state index in [9.17, 15) is 8.42 Å². The maximum absolute atomic E-state index is 10.5. The van der Waals surface area contributed by atoms with E-state index < -0.39 is 10.7 Å². The van der Waals surface area contributed by atoms with Crippen molar-refractivity contribution in [3.8, 4) is 0 Å². The van der Waals surface area contributed by atoms with Crippen molar-refractivity contribution in [2.45, 2.75) is 4.34 Å². The summed E-state index contributed by atoms with van der Waals surface area (Å²) in [4.78, 5) is 3.90. The minimum absolute atomic E-state index is 0.206. The number of thiazole rings is 1. The Morgan fingerprint density at radius 2 is 2.18 bits per heavy atom. The third kappa shape index (κ3) is 1.17. The molecule has 0 aromatic carbocycles. The first-order valence-corrected chi connectivity index (χ1v) is 5.68. The Hall–Kier alpha value is -0.460. The van der Waals surface area contributed by atoms with Gasteiger partial charge in [-0.25, -0.2) is 13.4 Å². The zero-order valence-electron chi connectivity index (χ0n) is 5.18. The van der Waals surface area contributed by atoms with Crippen LogP contribution in [0.25, 0.3) is 10.2 Å². The fourth-order valence-corrected chi connectivity index (χ4v) is 3.13. The maximum atomic E-state index is 10.5. The van der Waals surface area contributed by atoms with Crippen molar-refractivity contribution < 1.29 is 8.42 Å². The van der Waals surface area contributed by atoms with Gasteiger partial charge in [0.15, 0.2) is 10.7 Å². The summed E-state index contributed by atoms with van der Waals surface area (Å²) in [6, 6.07) is 0. The third-order valence-corrected chi connectivity index (χ3v) is 4.02. The van der Waals surface area contributed by atoms with Crippen LogP contribution in [0.2, 0.25) is 0 Å². The molecule has 0 unspecified atom stereocenters. The van der Waals surface area contributed by atoms with Gasteiger partial charge in [0.1, 0.15) is 0 Å². The van der Waals surface area contributed by atoms with Crippen molar-refractivity contribution in [2.24, 2.45) is 0 Å². The second-order valence-corrected chi connectivity index (χ2v) is 4.89. The molecular weight excluding hydrogens is 202 g/mol. The van der Waals surface area contributed by atoms with E-state index in [0.29, 0.717) is 0 Å². The summed E-state index contributed by atoms with van der Waals surface area (Å²) in [5, 5.41) is 3.74. The van der Waals surface area contributed by atoms with Crippen LogP contribution in [0, 0.1) is 0 Å². The highest BCUT2D eigenvalue weighted by molar-refractivity contribution is 7.75. The Kier molecular flexibility index (Phi) is 1.67. The molecule has 0 spiro atoms. The van der Waals surface area contributed by atoms with Crippen LogP contribution in [0.1, 0.15) is 0 Å². The molecule has 0 radical (unpaired) electrons. The monoisotopic (exact) mass is 205 g/mol. The van der Waals surface area contributed by atoms with Gasteiger partial charge in [-0.3, -0.25) is 0 Å². The highest BCUT2D eigenvalue weighted by Crippen LogP contribution is 2.25. The lowest BCUT2D eigenvalue weighted by atomic mass is 10.6. The summed E-state index contributed by atoms with van der Waals surface area (Å²) in [6.45, 7) is 0. The van der Waals surface area contributed by atoms with Crippen LogP contribution in [0.4, 0.5) is 0 Å². The van der Waals surface area contributed by atoms with E-state index in [2.05, 4.69) is 4.98 Å². The fraction of sp³-hybridized carbons (Fsp3) is 0. The van der Waals surface area contributed by atoms with E-state index in [1.165, 1.54) is 22.7 Å². The Morgan fingerprint density at radius 1 is 1.36 bits per heavy atom. The molecular formula is C5H3NO2S3. The second-order valence-electron chi connectivity index (χ2n) is 1.87. The lowest BCUT2D eigenvalue weighted by Gasteiger charge is -1.72. The summed E-state index contributed by atoms with van der Waals surface area (Å²) in [5.74, 6) is 0. The Bertz CT molecular complexity index is 416. The third-order valence-electron chi connectivity index (χ3n) is 1.18. The largest absolute Gasteiger partial charge is 0.224 e. The molecule has 2 aromatic rings. The fourth-order valence-electron chi connectivity index (χ4n) is 0.739. The molecule has 2 heterocycles. The van der Waals surface area contributed by atoms with Crippen molar-refractivity contribution in [3.05, 3.63) is 10.8 Å². The predicted molar refractivity (Wildman–Crippen MR) is 46.1 cm³/mol. The summed E-state index contributed by atoms with van der Waals surface area (Å²) < 4.78 is 22.1. The lowest BCUT2D eigenvalue weighted by molar-refractivity contribution is 0.614. The number of hydrogen-bond acceptors (Lipinski definition) is 5. The standard InChI is InChI=1S/C5H3NO2S3/c7-11(8)5-6-3-1-9-2-4(3)10-5/h1-2,11H. The molecule has 0 fully saturated rings. The van der Waals surface area contributed by atoms with Crippen LogP contribution in [0.3, 0.4) is 0 Å². The zero-order valence-corrected chi connectivity index (χ0v) is 7.71. The minimum Gasteiger partial charge on any atom is -0.224 e. The molecule has 0 aliphatic heterocycles. The van der Waals surface area contributed by atoms with E-state index in [1.54, 1.807) is 0 Å². The Morgan fingerprint density at radius 3 is 2.82 bits per heavy atom. The number of fused-ring (bicyclic) bond motifs is 1. The average molecular weight is 205 g/mol. The van der Waals surface area contributed by atoms with E-state index in [-0.39, 0.29) is 4.34 Å². The molecule has 0 saturated carbocycles. The minimum atomic E-state index is -2.50. The van der Waals surface area contributed by atoms with Crippen LogP contribution in [-0.4, -0.2) is 13.4 Å². The van der Waals surface area contributed by atoms with Crippen molar-refractivity contribution in [1.29, 1.82) is 0 Å². The molecule has 0 N–H and O–H groups in total. The van der Waals surface area contributed by atoms with Crippen LogP contribution < -0.4 is 0 Å². The number of aromatic nitrogens is 1. The van der Waals surface area contributed by atoms with Gasteiger partial charge in [-0.2, -0.15) is 0 Å². The topological polar surface area (TPSA) is 47.0 Å². The van der Waals surface area contributed by atoms with Gasteiger partial charge in [0, 0.05) is 10.8 Å². The average Bonchev–Trinajstić information content (AvgIpc) is 2.40. The van der Waals surface area contributed by atoms with Gasteiger partial charge in [-0.1, -0.05) is 0 Å². The highest BCUT2D eigenvalue weighted by Gasteiger charge is 2.04. The van der Waals surface area contributed by atoms with Crippen molar-refractivity contribution in [2.75, 3.05) is 0 Å². The SMILES string of the molecule is O=[SH](=O)c1nc2cscc2s1. The zero-order chi connectivity index (χ0) is 7.84. The second kappa shape index (κ2) is 2.54. The number of nitrogens with zero attached hydrogens (tertiary/aromatic N) is 1. The molecule has 11 heavy (non-hydrogen) atoms. The molecule has 0 atom stereocenters. The van der Waals surface area contributed by atoms with Gasteiger partial charge in [0.2, 0.25) is 4.34 Å². The van der Waals surface area contributed by atoms with Gasteiger partial charge in [-0.05, 0) is 0 Å². The molecule has 6 heteroatoms. The first kappa shape index (κ1) is 7.20. The Balaban J connectivity index is 2.77. The first-order valence-electron chi connectivity index (χ1n) is 2.74. The lowest BCUT2D eigenvalue weighted by Crippen LogP contribution is -1.74. The van der Waals surface area contributed by atoms with Gasteiger partial charge in [0.05, 0.1) is 10.2 Å². The summed E-state index contributed by atoms with van der Waals surface area (Å²) in [5.41, 5.74) is 0.786. The summed E-state index contributed by atoms with van der Waals surface area (Å²) in [6.07, 6.45) is 0. The number of hydrogen-bond donors (Lipinski definition) is 1. The quantitative estimate of drug-likeness (QED) is 0.714. The van der Waals surface area contributed by atoms with Gasteiger partial charge >= 0.3 is 0 Å². The normalized spacial score (nSPS) is 11.4. The molecule has 0 aliphatic rings. The summed E-state index contributed by atoms with van der Waals surface area (Å²) >= 11 is 2.75. The van der Waals surface area contributed by atoms with Crippen molar-refractivity contribution >= 4 is 43.6 Å². The van der Waals surface area contributed by atoms with Crippen molar-refractivity contribution in [3.63, 3.8) is 0 Å². The van der Waals surface area contributed by atoms with E-state index in [1.807, 2.05) is 10.8 Å². The van der Waals surface area contributed by atoms with Gasteiger partial charge in [0.25, 0.3) is 0 Å².